The third kappa shape index (κ3) is 5.34. The zero-order valence-electron chi connectivity index (χ0n) is 17.5. The Morgan fingerprint density at radius 1 is 0.933 bits per heavy atom. The molecule has 3 rings (SSSR count). The van der Waals surface area contributed by atoms with Crippen molar-refractivity contribution in [2.75, 3.05) is 7.11 Å². The zero-order valence-corrected chi connectivity index (χ0v) is 17.5. The van der Waals surface area contributed by atoms with Crippen LogP contribution in [0.4, 0.5) is 0 Å². The molecule has 0 saturated carbocycles. The first-order valence-electron chi connectivity index (χ1n) is 9.89. The van der Waals surface area contributed by atoms with Gasteiger partial charge in [0.15, 0.2) is 0 Å². The number of nitrogens with zero attached hydrogens (tertiary/aromatic N) is 1. The summed E-state index contributed by atoms with van der Waals surface area (Å²) >= 11 is 0. The molecular formula is C26H25NO3. The average Bonchev–Trinajstić information content (AvgIpc) is 2.78. The third-order valence-corrected chi connectivity index (χ3v) is 4.92. The van der Waals surface area contributed by atoms with Crippen LogP contribution in [0.2, 0.25) is 0 Å². The van der Waals surface area contributed by atoms with Gasteiger partial charge in [0.25, 0.3) is 0 Å². The largest absolute Gasteiger partial charge is 0.465 e. The number of hydrogen-bond donors (Lipinski definition) is 0. The minimum absolute atomic E-state index is 0.363. The van der Waals surface area contributed by atoms with Gasteiger partial charge >= 0.3 is 5.97 Å². The van der Waals surface area contributed by atoms with Gasteiger partial charge in [-0.05, 0) is 64.1 Å². The number of carbonyl (C=O) groups is 1. The maximum absolute atomic E-state index is 12.1. The second-order valence-corrected chi connectivity index (χ2v) is 7.49. The van der Waals surface area contributed by atoms with E-state index in [9.17, 15) is 10.1 Å². The van der Waals surface area contributed by atoms with E-state index in [0.717, 1.165) is 22.3 Å². The highest BCUT2D eigenvalue weighted by Crippen LogP contribution is 2.25. The Kier molecular flexibility index (Phi) is 7.00. The van der Waals surface area contributed by atoms with Crippen molar-refractivity contribution in [1.82, 2.24) is 0 Å². The molecule has 4 nitrogen and oxygen atoms in total. The summed E-state index contributed by atoms with van der Waals surface area (Å²) in [5.41, 5.74) is 6.00. The van der Waals surface area contributed by atoms with Crippen molar-refractivity contribution >= 4 is 5.97 Å². The second kappa shape index (κ2) is 9.87. The summed E-state index contributed by atoms with van der Waals surface area (Å²) in [6.45, 7) is 5.19. The molecule has 3 aromatic rings. The van der Waals surface area contributed by atoms with E-state index in [1.807, 2.05) is 18.2 Å². The highest BCUT2D eigenvalue weighted by molar-refractivity contribution is 5.91. The van der Waals surface area contributed by atoms with Crippen molar-refractivity contribution in [2.45, 2.75) is 33.0 Å². The van der Waals surface area contributed by atoms with E-state index >= 15 is 0 Å². The van der Waals surface area contributed by atoms with Crippen molar-refractivity contribution in [2.24, 2.45) is 0 Å². The van der Waals surface area contributed by atoms with Crippen LogP contribution in [0.5, 0.6) is 0 Å². The lowest BCUT2D eigenvalue weighted by Gasteiger charge is -2.11. The van der Waals surface area contributed by atoms with Crippen molar-refractivity contribution in [1.29, 1.82) is 5.26 Å². The molecule has 4 heteroatoms. The van der Waals surface area contributed by atoms with E-state index in [1.165, 1.54) is 12.7 Å². The number of carbonyl (C=O) groups excluding carboxylic acids is 1. The van der Waals surface area contributed by atoms with Crippen LogP contribution in [0.15, 0.2) is 66.7 Å². The quantitative estimate of drug-likeness (QED) is 0.468. The molecule has 0 aliphatic heterocycles. The molecular weight excluding hydrogens is 374 g/mol. The Morgan fingerprint density at radius 2 is 1.67 bits per heavy atom. The summed E-state index contributed by atoms with van der Waals surface area (Å²) in [5, 5.41) is 9.17. The molecule has 0 N–H and O–H groups in total. The Morgan fingerprint density at radius 3 is 2.33 bits per heavy atom. The van der Waals surface area contributed by atoms with E-state index in [2.05, 4.69) is 44.2 Å². The van der Waals surface area contributed by atoms with Crippen LogP contribution in [0.25, 0.3) is 11.1 Å². The van der Waals surface area contributed by atoms with Gasteiger partial charge in [-0.1, -0.05) is 50.2 Å². The van der Waals surface area contributed by atoms with Crippen LogP contribution in [0, 0.1) is 11.3 Å². The first kappa shape index (κ1) is 21.3. The molecule has 0 bridgehead atoms. The van der Waals surface area contributed by atoms with Crippen molar-refractivity contribution in [3.05, 3.63) is 94.5 Å². The van der Waals surface area contributed by atoms with Gasteiger partial charge in [-0.15, -0.1) is 0 Å². The lowest BCUT2D eigenvalue weighted by atomic mass is 9.98. The minimum atomic E-state index is -0.404. The summed E-state index contributed by atoms with van der Waals surface area (Å²) in [5.74, 6) is 0.0952. The Hall–Kier alpha value is -3.42. The molecule has 30 heavy (non-hydrogen) atoms. The topological polar surface area (TPSA) is 59.3 Å². The van der Waals surface area contributed by atoms with Crippen LogP contribution < -0.4 is 0 Å². The standard InChI is InChI=1S/C26H25NO3/c1-18(2)22-9-7-19(8-10-22)16-30-17-21-12-24(14-25(13-21)26(28)29-3)23-6-4-5-20(11-23)15-27/h4-14,18H,16-17H2,1-3H3. The summed E-state index contributed by atoms with van der Waals surface area (Å²) in [6.07, 6.45) is 0. The van der Waals surface area contributed by atoms with E-state index in [4.69, 9.17) is 9.47 Å². The van der Waals surface area contributed by atoms with Crippen LogP contribution in [0.1, 0.15) is 52.4 Å². The zero-order chi connectivity index (χ0) is 21.5. The number of rotatable bonds is 7. The van der Waals surface area contributed by atoms with Crippen LogP contribution in [-0.2, 0) is 22.7 Å². The van der Waals surface area contributed by atoms with Crippen LogP contribution >= 0.6 is 0 Å². The molecule has 0 atom stereocenters. The fourth-order valence-corrected chi connectivity index (χ4v) is 3.23. The maximum Gasteiger partial charge on any atom is 0.337 e. The van der Waals surface area contributed by atoms with E-state index < -0.39 is 5.97 Å². The number of nitriles is 1. The van der Waals surface area contributed by atoms with E-state index in [1.54, 1.807) is 24.3 Å². The lowest BCUT2D eigenvalue weighted by Crippen LogP contribution is -2.04. The summed E-state index contributed by atoms with van der Waals surface area (Å²) < 4.78 is 10.8. The van der Waals surface area contributed by atoms with Crippen LogP contribution in [0.3, 0.4) is 0 Å². The van der Waals surface area contributed by atoms with Gasteiger partial charge in [0, 0.05) is 0 Å². The number of methoxy groups -OCH3 is 1. The van der Waals surface area contributed by atoms with E-state index in [-0.39, 0.29) is 0 Å². The molecule has 3 aromatic carbocycles. The molecule has 0 aliphatic carbocycles. The summed E-state index contributed by atoms with van der Waals surface area (Å²) in [6, 6.07) is 23.4. The molecule has 0 radical (unpaired) electrons. The second-order valence-electron chi connectivity index (χ2n) is 7.49. The molecule has 0 saturated heterocycles. The highest BCUT2D eigenvalue weighted by atomic mass is 16.5. The Bertz CT molecular complexity index is 1060. The number of benzene rings is 3. The van der Waals surface area contributed by atoms with Crippen molar-refractivity contribution in [3.63, 3.8) is 0 Å². The average molecular weight is 399 g/mol. The number of esters is 1. The predicted octanol–water partition coefficient (Wildman–Crippen LogP) is 5.85. The van der Waals surface area contributed by atoms with Crippen molar-refractivity contribution < 1.29 is 14.3 Å². The summed E-state index contributed by atoms with van der Waals surface area (Å²) in [4.78, 5) is 12.1. The molecule has 0 amide bonds. The Labute approximate surface area is 177 Å². The smallest absolute Gasteiger partial charge is 0.337 e. The number of ether oxygens (including phenoxy) is 2. The lowest BCUT2D eigenvalue weighted by molar-refractivity contribution is 0.0600. The molecule has 0 fully saturated rings. The first-order chi connectivity index (χ1) is 14.5. The van der Waals surface area contributed by atoms with Gasteiger partial charge in [0.2, 0.25) is 0 Å². The molecule has 0 spiro atoms. The van der Waals surface area contributed by atoms with Gasteiger partial charge in [-0.2, -0.15) is 5.26 Å². The van der Waals surface area contributed by atoms with Gasteiger partial charge in [-0.3, -0.25) is 0 Å². The molecule has 0 unspecified atom stereocenters. The van der Waals surface area contributed by atoms with Gasteiger partial charge in [-0.25, -0.2) is 4.79 Å². The monoisotopic (exact) mass is 399 g/mol. The van der Waals surface area contributed by atoms with Crippen LogP contribution in [-0.4, -0.2) is 13.1 Å². The Balaban J connectivity index is 1.79. The van der Waals surface area contributed by atoms with Gasteiger partial charge < -0.3 is 9.47 Å². The fourth-order valence-electron chi connectivity index (χ4n) is 3.23. The third-order valence-electron chi connectivity index (χ3n) is 4.92. The van der Waals surface area contributed by atoms with Gasteiger partial charge in [0.1, 0.15) is 0 Å². The van der Waals surface area contributed by atoms with Gasteiger partial charge in [0.05, 0.1) is 37.5 Å². The predicted molar refractivity (Wildman–Crippen MR) is 117 cm³/mol. The minimum Gasteiger partial charge on any atom is -0.465 e. The molecule has 0 heterocycles. The molecule has 0 aromatic heterocycles. The number of hydrogen-bond acceptors (Lipinski definition) is 4. The fraction of sp³-hybridized carbons (Fsp3) is 0.231. The van der Waals surface area contributed by atoms with E-state index in [0.29, 0.717) is 30.3 Å². The highest BCUT2D eigenvalue weighted by Gasteiger charge is 2.11. The molecule has 0 aliphatic rings. The SMILES string of the molecule is COC(=O)c1cc(COCc2ccc(C(C)C)cc2)cc(-c2cccc(C#N)c2)c1. The first-order valence-corrected chi connectivity index (χ1v) is 9.89. The molecule has 152 valence electrons. The summed E-state index contributed by atoms with van der Waals surface area (Å²) in [7, 11) is 1.36. The normalized spacial score (nSPS) is 10.6. The van der Waals surface area contributed by atoms with Crippen molar-refractivity contribution in [3.8, 4) is 17.2 Å². The maximum atomic E-state index is 12.1.